The first-order chi connectivity index (χ1) is 33.1. The number of amides is 12. The molecule has 12 amide bonds. The van der Waals surface area contributed by atoms with Crippen LogP contribution < -0.4 is 76.5 Å². The fourth-order valence-electron chi connectivity index (χ4n) is 6.54. The van der Waals surface area contributed by atoms with Gasteiger partial charge in [-0.3, -0.25) is 72.1 Å². The molecular formula is C40H65N15O16. The van der Waals surface area contributed by atoms with E-state index >= 15 is 0 Å². The molecule has 1 aliphatic rings. The molecule has 71 heavy (non-hydrogen) atoms. The molecule has 0 spiro atoms. The molecule has 1 aliphatic heterocycles. The van der Waals surface area contributed by atoms with Gasteiger partial charge in [-0.05, 0) is 31.1 Å². The molecular weight excluding hydrogens is 947 g/mol. The van der Waals surface area contributed by atoms with E-state index in [2.05, 4.69) is 52.8 Å². The molecule has 396 valence electrons. The Morgan fingerprint density at radius 3 is 1.35 bits per heavy atom. The Morgan fingerprint density at radius 1 is 0.521 bits per heavy atom. The number of hydrogen-bond donors (Lipinski definition) is 16. The number of guanidine groups is 1. The van der Waals surface area contributed by atoms with Crippen molar-refractivity contribution in [2.24, 2.45) is 45.5 Å². The van der Waals surface area contributed by atoms with Gasteiger partial charge in [0.2, 0.25) is 70.9 Å². The number of primary amides is 3. The lowest BCUT2D eigenvalue weighted by Gasteiger charge is -2.29. The molecule has 1 heterocycles. The quantitative estimate of drug-likeness (QED) is 0.0344. The Morgan fingerprint density at radius 2 is 0.915 bits per heavy atom. The number of nitrogens with two attached hydrogens (primary N) is 5. The van der Waals surface area contributed by atoms with Gasteiger partial charge in [0.05, 0.1) is 32.2 Å². The van der Waals surface area contributed by atoms with Gasteiger partial charge in [-0.25, -0.2) is 0 Å². The van der Waals surface area contributed by atoms with Gasteiger partial charge in [-0.1, -0.05) is 34.1 Å². The number of carbonyl (C=O) groups is 14. The molecule has 31 heteroatoms. The van der Waals surface area contributed by atoms with Crippen molar-refractivity contribution >= 4 is 88.8 Å². The Hall–Kier alpha value is -8.15. The van der Waals surface area contributed by atoms with E-state index in [0.29, 0.717) is 0 Å². The zero-order valence-corrected chi connectivity index (χ0v) is 39.5. The average Bonchev–Trinajstić information content (AvgIpc) is 3.25. The summed E-state index contributed by atoms with van der Waals surface area (Å²) in [5.74, 6) is -19.5. The molecule has 0 aromatic heterocycles. The minimum absolute atomic E-state index is 0.00162. The standard InChI is InChI=1S/C40H65N15O16/c1-5-17(4)31-39(71)53-21(12-25(42)57)35(67)51-20(11-24(41)56)34(66)52-22(13-26(43)58)36(68)54-30(16(2)3)38(70)50-19(8-9-28(60)61)33(65)49-18(7-6-10-46-40(44)45)32(64)47-15-27(59)48-23(14-29(62)63)37(69)55-31/h16-23,30-31H,5-15H2,1-4H3,(H2,41,56)(H2,42,57)(H2,43,58)(H,47,64)(H,48,59)(H,49,65)(H,50,70)(H,51,67)(H,52,66)(H,53,71)(H,54,68)(H,55,69)(H,60,61)(H,62,63)(H4,44,45,46)/t17-,18-,19-,20-,21-,22-,23-,30-,31-/m0/s1. The summed E-state index contributed by atoms with van der Waals surface area (Å²) in [5.41, 5.74) is 26.8. The van der Waals surface area contributed by atoms with Crippen molar-refractivity contribution < 1.29 is 77.3 Å². The van der Waals surface area contributed by atoms with Gasteiger partial charge in [0, 0.05) is 13.0 Å². The molecule has 0 aromatic rings. The van der Waals surface area contributed by atoms with Gasteiger partial charge >= 0.3 is 11.9 Å². The Bertz CT molecular complexity index is 2060. The van der Waals surface area contributed by atoms with Crippen LogP contribution in [0, 0.1) is 11.8 Å². The summed E-state index contributed by atoms with van der Waals surface area (Å²) < 4.78 is 0. The van der Waals surface area contributed by atoms with E-state index in [1.54, 1.807) is 6.92 Å². The maximum atomic E-state index is 13.8. The van der Waals surface area contributed by atoms with Crippen molar-refractivity contribution in [2.45, 2.75) is 134 Å². The first-order valence-electron chi connectivity index (χ1n) is 22.1. The second-order valence-electron chi connectivity index (χ2n) is 16.7. The minimum Gasteiger partial charge on any atom is -0.481 e. The van der Waals surface area contributed by atoms with Gasteiger partial charge in [0.25, 0.3) is 0 Å². The number of carbonyl (C=O) groups excluding carboxylic acids is 12. The molecule has 9 atom stereocenters. The van der Waals surface area contributed by atoms with Crippen LogP contribution in [0.2, 0.25) is 0 Å². The smallest absolute Gasteiger partial charge is 0.305 e. The fourth-order valence-corrected chi connectivity index (χ4v) is 6.54. The molecule has 1 rings (SSSR count). The third-order valence-electron chi connectivity index (χ3n) is 10.5. The number of carboxylic acids is 2. The Kier molecular flexibility index (Phi) is 25.4. The monoisotopic (exact) mass is 1010 g/mol. The normalized spacial score (nSPS) is 24.3. The summed E-state index contributed by atoms with van der Waals surface area (Å²) >= 11 is 0. The van der Waals surface area contributed by atoms with Crippen molar-refractivity contribution in [3.63, 3.8) is 0 Å². The predicted octanol–water partition coefficient (Wildman–Crippen LogP) is -8.28. The number of carboxylic acid groups (broad SMARTS) is 2. The molecule has 0 saturated carbocycles. The molecule has 21 N–H and O–H groups in total. The topological polar surface area (TPSA) is 530 Å². The number of hydrogen-bond acceptors (Lipinski definition) is 15. The van der Waals surface area contributed by atoms with Crippen molar-refractivity contribution in [1.29, 1.82) is 0 Å². The van der Waals surface area contributed by atoms with E-state index in [1.807, 2.05) is 0 Å². The molecule has 0 aliphatic carbocycles. The Labute approximate surface area is 405 Å². The Balaban J connectivity index is 4.05. The first kappa shape index (κ1) is 60.9. The molecule has 31 nitrogen and oxygen atoms in total. The summed E-state index contributed by atoms with van der Waals surface area (Å²) in [6, 6.07) is -14.4. The van der Waals surface area contributed by atoms with E-state index in [0.717, 1.165) is 0 Å². The highest BCUT2D eigenvalue weighted by molar-refractivity contribution is 6.01. The molecule has 0 aromatic carbocycles. The highest BCUT2D eigenvalue weighted by atomic mass is 16.4. The van der Waals surface area contributed by atoms with Crippen LogP contribution in [-0.4, -0.2) is 160 Å². The maximum absolute atomic E-state index is 13.8. The fraction of sp³-hybridized carbons (Fsp3) is 0.625. The maximum Gasteiger partial charge on any atom is 0.305 e. The van der Waals surface area contributed by atoms with Crippen molar-refractivity contribution in [2.75, 3.05) is 13.1 Å². The van der Waals surface area contributed by atoms with Crippen LogP contribution in [0.1, 0.15) is 85.5 Å². The molecule has 0 unspecified atom stereocenters. The number of aliphatic carboxylic acids is 2. The summed E-state index contributed by atoms with van der Waals surface area (Å²) in [6.07, 6.45) is -5.46. The van der Waals surface area contributed by atoms with Crippen molar-refractivity contribution in [1.82, 2.24) is 47.9 Å². The lowest BCUT2D eigenvalue weighted by molar-refractivity contribution is -0.141. The zero-order valence-electron chi connectivity index (χ0n) is 39.5. The average molecular weight is 1010 g/mol. The zero-order chi connectivity index (χ0) is 54.3. The number of rotatable bonds is 18. The second-order valence-corrected chi connectivity index (χ2v) is 16.7. The lowest BCUT2D eigenvalue weighted by Crippen LogP contribution is -2.62. The van der Waals surface area contributed by atoms with Gasteiger partial charge < -0.3 is 86.7 Å². The van der Waals surface area contributed by atoms with E-state index in [1.165, 1.54) is 20.8 Å². The van der Waals surface area contributed by atoms with Crippen molar-refractivity contribution in [3.8, 4) is 0 Å². The van der Waals surface area contributed by atoms with Crippen LogP contribution in [0.25, 0.3) is 0 Å². The first-order valence-corrected chi connectivity index (χ1v) is 22.1. The van der Waals surface area contributed by atoms with E-state index in [-0.39, 0.29) is 31.8 Å². The van der Waals surface area contributed by atoms with E-state index < -0.39 is 188 Å². The number of aliphatic imine (C=N–C) groups is 1. The van der Waals surface area contributed by atoms with Crippen molar-refractivity contribution in [3.05, 3.63) is 0 Å². The third-order valence-corrected chi connectivity index (χ3v) is 10.5. The van der Waals surface area contributed by atoms with Crippen LogP contribution >= 0.6 is 0 Å². The minimum atomic E-state index is -2.02. The molecule has 0 bridgehead atoms. The van der Waals surface area contributed by atoms with E-state index in [9.17, 15) is 77.3 Å². The summed E-state index contributed by atoms with van der Waals surface area (Å²) in [4.78, 5) is 187. The summed E-state index contributed by atoms with van der Waals surface area (Å²) in [5, 5.41) is 39.2. The molecule has 0 radical (unpaired) electrons. The van der Waals surface area contributed by atoms with Crippen LogP contribution in [0.3, 0.4) is 0 Å². The van der Waals surface area contributed by atoms with Gasteiger partial charge in [-0.2, -0.15) is 0 Å². The summed E-state index contributed by atoms with van der Waals surface area (Å²) in [6.45, 7) is 4.84. The molecule has 1 fully saturated rings. The van der Waals surface area contributed by atoms with Crippen LogP contribution in [-0.2, 0) is 67.1 Å². The number of nitrogens with one attached hydrogen (secondary N) is 9. The van der Waals surface area contributed by atoms with Crippen LogP contribution in [0.4, 0.5) is 0 Å². The van der Waals surface area contributed by atoms with Gasteiger partial charge in [0.15, 0.2) is 5.96 Å². The lowest BCUT2D eigenvalue weighted by atomic mass is 9.97. The third kappa shape index (κ3) is 22.7. The number of nitrogens with zero attached hydrogens (tertiary/aromatic N) is 1. The summed E-state index contributed by atoms with van der Waals surface area (Å²) in [7, 11) is 0. The van der Waals surface area contributed by atoms with Gasteiger partial charge in [-0.15, -0.1) is 0 Å². The van der Waals surface area contributed by atoms with Crippen LogP contribution in [0.15, 0.2) is 4.99 Å². The predicted molar refractivity (Wildman–Crippen MR) is 243 cm³/mol. The highest BCUT2D eigenvalue weighted by Crippen LogP contribution is 2.12. The SMILES string of the molecule is CC[C@H](C)[C@@H]1NC(=O)[C@H](CC(=O)O)NC(=O)CNC(=O)[C@H](CCCN=C(N)N)NC(=O)[C@H](CCC(=O)O)NC(=O)[C@H](C(C)C)NC(=O)[C@H](CC(N)=O)NC(=O)[C@H](CC(N)=O)NC(=O)[C@H](CC(N)=O)NC1=O. The van der Waals surface area contributed by atoms with E-state index in [4.69, 9.17) is 28.7 Å². The molecule has 1 saturated heterocycles. The highest BCUT2D eigenvalue weighted by Gasteiger charge is 2.38. The second kappa shape index (κ2) is 29.7. The van der Waals surface area contributed by atoms with Gasteiger partial charge in [0.1, 0.15) is 48.3 Å². The van der Waals surface area contributed by atoms with Crippen LogP contribution in [0.5, 0.6) is 0 Å². The largest absolute Gasteiger partial charge is 0.481 e.